The van der Waals surface area contributed by atoms with Gasteiger partial charge in [-0.2, -0.15) is 0 Å². The molecular weight excluding hydrogens is 294 g/mol. The van der Waals surface area contributed by atoms with E-state index in [1.807, 2.05) is 30.3 Å². The Kier molecular flexibility index (Phi) is 2.91. The van der Waals surface area contributed by atoms with Crippen molar-refractivity contribution in [2.45, 2.75) is 0 Å². The predicted octanol–water partition coefficient (Wildman–Crippen LogP) is 3.77. The van der Waals surface area contributed by atoms with Gasteiger partial charge in [0.1, 0.15) is 0 Å². The van der Waals surface area contributed by atoms with Gasteiger partial charge in [-0.1, -0.05) is 48.5 Å². The Balaban J connectivity index is 2.02. The molecule has 1 amide bonds. The highest BCUT2D eigenvalue weighted by atomic mass is 32.1. The Morgan fingerprint density at radius 3 is 2.36 bits per heavy atom. The summed E-state index contributed by atoms with van der Waals surface area (Å²) in [6.45, 7) is 0. The van der Waals surface area contributed by atoms with E-state index in [-0.39, 0.29) is 16.8 Å². The number of nitrogens with one attached hydrogen (secondary N) is 1. The SMILES string of the molecule is O=C1NC(=S)O/C1=C\c1cc2ccccc2c2ccccc12. The summed E-state index contributed by atoms with van der Waals surface area (Å²) in [5.41, 5.74) is 0.934. The maximum Gasteiger partial charge on any atom is 0.294 e. The van der Waals surface area contributed by atoms with Crippen molar-refractivity contribution in [3.63, 3.8) is 0 Å². The Labute approximate surface area is 132 Å². The van der Waals surface area contributed by atoms with Crippen LogP contribution in [0.15, 0.2) is 60.4 Å². The van der Waals surface area contributed by atoms with Crippen molar-refractivity contribution in [1.82, 2.24) is 5.32 Å². The molecular formula is C18H11NO2S. The molecule has 4 heteroatoms. The summed E-state index contributed by atoms with van der Waals surface area (Å²) in [7, 11) is 0. The van der Waals surface area contributed by atoms with Gasteiger partial charge in [0.25, 0.3) is 11.1 Å². The Morgan fingerprint density at radius 2 is 1.64 bits per heavy atom. The van der Waals surface area contributed by atoms with E-state index in [4.69, 9.17) is 17.0 Å². The van der Waals surface area contributed by atoms with Gasteiger partial charge in [0.15, 0.2) is 5.76 Å². The number of hydrogen-bond acceptors (Lipinski definition) is 3. The molecule has 0 bridgehead atoms. The maximum absolute atomic E-state index is 11.8. The predicted molar refractivity (Wildman–Crippen MR) is 91.3 cm³/mol. The number of hydrogen-bond donors (Lipinski definition) is 1. The van der Waals surface area contributed by atoms with Gasteiger partial charge in [0, 0.05) is 0 Å². The Morgan fingerprint density at radius 1 is 0.955 bits per heavy atom. The fourth-order valence-electron chi connectivity index (χ4n) is 2.76. The third-order valence-corrected chi connectivity index (χ3v) is 3.91. The van der Waals surface area contributed by atoms with Gasteiger partial charge < -0.3 is 4.74 Å². The van der Waals surface area contributed by atoms with Gasteiger partial charge in [-0.3, -0.25) is 10.1 Å². The molecule has 0 atom stereocenters. The maximum atomic E-state index is 11.8. The summed E-state index contributed by atoms with van der Waals surface area (Å²) in [6.07, 6.45) is 1.74. The smallest absolute Gasteiger partial charge is 0.294 e. The average Bonchev–Trinajstić information content (AvgIpc) is 2.85. The minimum absolute atomic E-state index is 0.0985. The number of carbonyl (C=O) groups excluding carboxylic acids is 1. The van der Waals surface area contributed by atoms with E-state index >= 15 is 0 Å². The van der Waals surface area contributed by atoms with Crippen molar-refractivity contribution >= 4 is 50.9 Å². The minimum Gasteiger partial charge on any atom is -0.426 e. The molecule has 1 aliphatic heterocycles. The lowest BCUT2D eigenvalue weighted by Crippen LogP contribution is -2.18. The second-order valence-corrected chi connectivity index (χ2v) is 5.46. The van der Waals surface area contributed by atoms with Crippen LogP contribution in [0.25, 0.3) is 27.6 Å². The van der Waals surface area contributed by atoms with Gasteiger partial charge >= 0.3 is 0 Å². The lowest BCUT2D eigenvalue weighted by atomic mass is 9.97. The van der Waals surface area contributed by atoms with Gasteiger partial charge in [0.2, 0.25) is 0 Å². The first kappa shape index (κ1) is 13.0. The van der Waals surface area contributed by atoms with Crippen LogP contribution in [0.4, 0.5) is 0 Å². The lowest BCUT2D eigenvalue weighted by Gasteiger charge is -2.08. The first-order chi connectivity index (χ1) is 10.7. The molecule has 0 aromatic heterocycles. The summed E-state index contributed by atoms with van der Waals surface area (Å²) < 4.78 is 5.27. The lowest BCUT2D eigenvalue weighted by molar-refractivity contribution is -0.116. The first-order valence-corrected chi connectivity index (χ1v) is 7.28. The third kappa shape index (κ3) is 2.05. The molecule has 1 fully saturated rings. The van der Waals surface area contributed by atoms with E-state index in [2.05, 4.69) is 29.6 Å². The van der Waals surface area contributed by atoms with Crippen LogP contribution in [-0.2, 0) is 9.53 Å². The summed E-state index contributed by atoms with van der Waals surface area (Å²) in [6, 6.07) is 18.4. The van der Waals surface area contributed by atoms with E-state index in [1.54, 1.807) is 6.08 Å². The van der Waals surface area contributed by atoms with Crippen LogP contribution in [0.5, 0.6) is 0 Å². The fourth-order valence-corrected chi connectivity index (χ4v) is 2.95. The topological polar surface area (TPSA) is 38.3 Å². The molecule has 3 aromatic rings. The number of thiocarbonyl (C=S) groups is 1. The van der Waals surface area contributed by atoms with Crippen LogP contribution in [-0.4, -0.2) is 11.1 Å². The Bertz CT molecular complexity index is 975. The van der Waals surface area contributed by atoms with E-state index in [1.165, 1.54) is 5.39 Å². The van der Waals surface area contributed by atoms with E-state index in [9.17, 15) is 4.79 Å². The van der Waals surface area contributed by atoms with E-state index in [0.717, 1.165) is 21.7 Å². The average molecular weight is 305 g/mol. The summed E-state index contributed by atoms with van der Waals surface area (Å²) in [4.78, 5) is 11.8. The molecule has 1 saturated heterocycles. The molecule has 22 heavy (non-hydrogen) atoms. The van der Waals surface area contributed by atoms with Gasteiger partial charge in [-0.15, -0.1) is 0 Å². The van der Waals surface area contributed by atoms with Crippen LogP contribution in [0.2, 0.25) is 0 Å². The van der Waals surface area contributed by atoms with Crippen molar-refractivity contribution in [3.8, 4) is 0 Å². The zero-order chi connectivity index (χ0) is 15.1. The molecule has 1 heterocycles. The molecule has 1 N–H and O–H groups in total. The van der Waals surface area contributed by atoms with Gasteiger partial charge in [-0.05, 0) is 51.5 Å². The zero-order valence-corrected chi connectivity index (χ0v) is 12.3. The zero-order valence-electron chi connectivity index (χ0n) is 11.5. The second kappa shape index (κ2) is 4.93. The van der Waals surface area contributed by atoms with Crippen molar-refractivity contribution < 1.29 is 9.53 Å². The molecule has 0 saturated carbocycles. The van der Waals surface area contributed by atoms with Crippen LogP contribution >= 0.6 is 12.2 Å². The molecule has 106 valence electrons. The van der Waals surface area contributed by atoms with Gasteiger partial charge in [-0.25, -0.2) is 0 Å². The largest absolute Gasteiger partial charge is 0.426 e. The minimum atomic E-state index is -0.303. The van der Waals surface area contributed by atoms with Crippen molar-refractivity contribution in [1.29, 1.82) is 0 Å². The van der Waals surface area contributed by atoms with Gasteiger partial charge in [0.05, 0.1) is 0 Å². The highest BCUT2D eigenvalue weighted by Crippen LogP contribution is 2.30. The highest BCUT2D eigenvalue weighted by molar-refractivity contribution is 7.80. The summed E-state index contributed by atoms with van der Waals surface area (Å²) in [5.74, 6) is -0.0762. The van der Waals surface area contributed by atoms with Crippen molar-refractivity contribution in [2.24, 2.45) is 0 Å². The Hall–Kier alpha value is -2.72. The molecule has 0 aliphatic carbocycles. The number of fused-ring (bicyclic) bond motifs is 3. The molecule has 3 nitrogen and oxygen atoms in total. The molecule has 0 radical (unpaired) electrons. The monoisotopic (exact) mass is 305 g/mol. The number of carbonyl (C=O) groups is 1. The highest BCUT2D eigenvalue weighted by Gasteiger charge is 2.23. The first-order valence-electron chi connectivity index (χ1n) is 6.88. The van der Waals surface area contributed by atoms with Crippen LogP contribution in [0.1, 0.15) is 5.56 Å². The van der Waals surface area contributed by atoms with Crippen LogP contribution in [0, 0.1) is 0 Å². The summed E-state index contributed by atoms with van der Waals surface area (Å²) >= 11 is 4.87. The second-order valence-electron chi connectivity index (χ2n) is 5.08. The molecule has 3 aromatic carbocycles. The van der Waals surface area contributed by atoms with E-state index < -0.39 is 0 Å². The molecule has 0 unspecified atom stereocenters. The number of benzene rings is 3. The number of amides is 1. The molecule has 1 aliphatic rings. The summed E-state index contributed by atoms with van der Waals surface area (Å²) in [5, 5.41) is 7.10. The molecule has 0 spiro atoms. The van der Waals surface area contributed by atoms with Crippen LogP contribution in [0.3, 0.4) is 0 Å². The number of ether oxygens (including phenoxy) is 1. The normalized spacial score (nSPS) is 16.3. The number of rotatable bonds is 1. The molecule has 4 rings (SSSR count). The van der Waals surface area contributed by atoms with Crippen LogP contribution < -0.4 is 5.32 Å². The third-order valence-electron chi connectivity index (χ3n) is 3.73. The quantitative estimate of drug-likeness (QED) is 0.422. The van der Waals surface area contributed by atoms with E-state index in [0.29, 0.717) is 0 Å². The van der Waals surface area contributed by atoms with Crippen molar-refractivity contribution in [2.75, 3.05) is 0 Å². The fraction of sp³-hybridized carbons (Fsp3) is 0. The van der Waals surface area contributed by atoms with Crippen molar-refractivity contribution in [3.05, 3.63) is 65.9 Å². The standard InChI is InChI=1S/C18H11NO2S/c20-17-16(21-18(22)19-17)10-12-9-11-5-1-2-6-13(11)15-8-4-3-7-14(12)15/h1-10H,(H,19,20,22)/b16-10-.